The lowest BCUT2D eigenvalue weighted by Gasteiger charge is -2.23. The zero-order valence-electron chi connectivity index (χ0n) is 10.4. The van der Waals surface area contributed by atoms with E-state index >= 15 is 0 Å². The maximum Gasteiger partial charge on any atom is 0.119 e. The first-order valence-electron chi connectivity index (χ1n) is 5.72. The van der Waals surface area contributed by atoms with Gasteiger partial charge in [0.1, 0.15) is 5.75 Å². The second-order valence-electron chi connectivity index (χ2n) is 4.26. The molecule has 1 aromatic rings. The van der Waals surface area contributed by atoms with Gasteiger partial charge in [-0.15, -0.1) is 0 Å². The zero-order chi connectivity index (χ0) is 12.0. The van der Waals surface area contributed by atoms with E-state index in [4.69, 9.17) is 10.5 Å². The fourth-order valence-corrected chi connectivity index (χ4v) is 1.79. The molecule has 0 amide bonds. The van der Waals surface area contributed by atoms with Crippen LogP contribution in [0.4, 0.5) is 5.69 Å². The van der Waals surface area contributed by atoms with E-state index in [9.17, 15) is 0 Å². The highest BCUT2D eigenvalue weighted by molar-refractivity contribution is 5.48. The number of methoxy groups -OCH3 is 1. The third kappa shape index (κ3) is 3.74. The van der Waals surface area contributed by atoms with Crippen LogP contribution >= 0.6 is 0 Å². The molecule has 0 fully saturated rings. The van der Waals surface area contributed by atoms with Gasteiger partial charge in [0.05, 0.1) is 7.11 Å². The van der Waals surface area contributed by atoms with Crippen LogP contribution in [0.25, 0.3) is 0 Å². The summed E-state index contributed by atoms with van der Waals surface area (Å²) in [5, 5.41) is 0. The van der Waals surface area contributed by atoms with E-state index in [2.05, 4.69) is 31.0 Å². The Labute approximate surface area is 98.2 Å². The van der Waals surface area contributed by atoms with Gasteiger partial charge < -0.3 is 15.4 Å². The third-order valence-electron chi connectivity index (χ3n) is 2.76. The van der Waals surface area contributed by atoms with E-state index in [1.54, 1.807) is 7.11 Å². The van der Waals surface area contributed by atoms with Crippen molar-refractivity contribution in [2.24, 2.45) is 11.7 Å². The van der Waals surface area contributed by atoms with E-state index in [1.165, 1.54) is 5.69 Å². The van der Waals surface area contributed by atoms with Gasteiger partial charge in [0.15, 0.2) is 0 Å². The van der Waals surface area contributed by atoms with Crippen LogP contribution in [0.5, 0.6) is 5.75 Å². The van der Waals surface area contributed by atoms with Gasteiger partial charge in [0.2, 0.25) is 0 Å². The lowest BCUT2D eigenvalue weighted by atomic mass is 10.1. The highest BCUT2D eigenvalue weighted by atomic mass is 16.5. The molecule has 0 aliphatic heterocycles. The topological polar surface area (TPSA) is 38.5 Å². The molecule has 1 atom stereocenters. The molecule has 0 radical (unpaired) electrons. The van der Waals surface area contributed by atoms with Gasteiger partial charge >= 0.3 is 0 Å². The number of hydrogen-bond donors (Lipinski definition) is 1. The third-order valence-corrected chi connectivity index (χ3v) is 2.76. The Kier molecular flexibility index (Phi) is 5.12. The van der Waals surface area contributed by atoms with Crippen molar-refractivity contribution in [3.05, 3.63) is 24.3 Å². The molecule has 0 heterocycles. The average molecular weight is 222 g/mol. The van der Waals surface area contributed by atoms with Crippen LogP contribution in [0, 0.1) is 5.92 Å². The minimum Gasteiger partial charge on any atom is -0.497 e. The van der Waals surface area contributed by atoms with E-state index in [0.717, 1.165) is 25.3 Å². The average Bonchev–Trinajstić information content (AvgIpc) is 2.29. The van der Waals surface area contributed by atoms with Crippen LogP contribution in [0.15, 0.2) is 24.3 Å². The molecule has 0 aromatic heterocycles. The van der Waals surface area contributed by atoms with Gasteiger partial charge in [0.25, 0.3) is 0 Å². The highest BCUT2D eigenvalue weighted by Gasteiger charge is 2.06. The monoisotopic (exact) mass is 222 g/mol. The molecule has 1 aromatic carbocycles. The number of nitrogens with zero attached hydrogens (tertiary/aromatic N) is 1. The summed E-state index contributed by atoms with van der Waals surface area (Å²) in [5.41, 5.74) is 6.76. The Morgan fingerprint density at radius 2 is 1.94 bits per heavy atom. The molecule has 3 heteroatoms. The van der Waals surface area contributed by atoms with Crippen molar-refractivity contribution in [1.29, 1.82) is 0 Å². The number of nitrogens with two attached hydrogens (primary N) is 1. The Morgan fingerprint density at radius 3 is 2.44 bits per heavy atom. The molecule has 0 spiro atoms. The number of rotatable bonds is 6. The van der Waals surface area contributed by atoms with Crippen LogP contribution in [0.2, 0.25) is 0 Å². The molecule has 1 unspecified atom stereocenters. The molecule has 2 N–H and O–H groups in total. The van der Waals surface area contributed by atoms with Crippen LogP contribution in [-0.4, -0.2) is 27.2 Å². The van der Waals surface area contributed by atoms with Crippen molar-refractivity contribution in [3.8, 4) is 5.75 Å². The van der Waals surface area contributed by atoms with Crippen molar-refractivity contribution in [2.75, 3.05) is 32.1 Å². The second kappa shape index (κ2) is 6.38. The summed E-state index contributed by atoms with van der Waals surface area (Å²) in [6.45, 7) is 4.02. The molecule has 0 bridgehead atoms. The minimum atomic E-state index is 0.622. The normalized spacial score (nSPS) is 12.2. The van der Waals surface area contributed by atoms with Gasteiger partial charge in [-0.3, -0.25) is 0 Å². The van der Waals surface area contributed by atoms with E-state index in [1.807, 2.05) is 12.1 Å². The molecule has 90 valence electrons. The molecule has 0 aliphatic rings. The summed E-state index contributed by atoms with van der Waals surface area (Å²) in [6.07, 6.45) is 1.07. The van der Waals surface area contributed by atoms with E-state index in [-0.39, 0.29) is 0 Å². The SMILES string of the molecule is COc1ccc(N(C)CC(C)CCN)cc1. The number of hydrogen-bond acceptors (Lipinski definition) is 3. The van der Waals surface area contributed by atoms with Gasteiger partial charge in [-0.2, -0.15) is 0 Å². The van der Waals surface area contributed by atoms with Gasteiger partial charge in [0, 0.05) is 19.3 Å². The number of anilines is 1. The molecule has 1 rings (SSSR count). The summed E-state index contributed by atoms with van der Waals surface area (Å²) < 4.78 is 5.13. The molecule has 0 aliphatic carbocycles. The summed E-state index contributed by atoms with van der Waals surface area (Å²) in [6, 6.07) is 8.13. The Bertz CT molecular complexity index is 297. The number of ether oxygens (including phenoxy) is 1. The Hall–Kier alpha value is -1.22. The predicted octanol–water partition coefficient (Wildman–Crippen LogP) is 2.12. The van der Waals surface area contributed by atoms with Gasteiger partial charge in [-0.1, -0.05) is 6.92 Å². The number of benzene rings is 1. The Morgan fingerprint density at radius 1 is 1.31 bits per heavy atom. The maximum atomic E-state index is 5.55. The van der Waals surface area contributed by atoms with E-state index < -0.39 is 0 Å². The summed E-state index contributed by atoms with van der Waals surface area (Å²) in [5.74, 6) is 1.52. The lowest BCUT2D eigenvalue weighted by Crippen LogP contribution is -2.25. The van der Waals surface area contributed by atoms with Gasteiger partial charge in [-0.05, 0) is 43.1 Å². The van der Waals surface area contributed by atoms with Crippen LogP contribution in [0.3, 0.4) is 0 Å². The molecule has 3 nitrogen and oxygen atoms in total. The van der Waals surface area contributed by atoms with Crippen LogP contribution < -0.4 is 15.4 Å². The smallest absolute Gasteiger partial charge is 0.119 e. The fourth-order valence-electron chi connectivity index (χ4n) is 1.79. The maximum absolute atomic E-state index is 5.55. The molecule has 0 saturated carbocycles. The molecule has 16 heavy (non-hydrogen) atoms. The van der Waals surface area contributed by atoms with Crippen molar-refractivity contribution >= 4 is 5.69 Å². The summed E-state index contributed by atoms with van der Waals surface area (Å²) in [4.78, 5) is 2.25. The summed E-state index contributed by atoms with van der Waals surface area (Å²) >= 11 is 0. The second-order valence-corrected chi connectivity index (χ2v) is 4.26. The first kappa shape index (κ1) is 12.8. The van der Waals surface area contributed by atoms with Crippen molar-refractivity contribution in [3.63, 3.8) is 0 Å². The summed E-state index contributed by atoms with van der Waals surface area (Å²) in [7, 11) is 3.79. The quantitative estimate of drug-likeness (QED) is 0.801. The lowest BCUT2D eigenvalue weighted by molar-refractivity contribution is 0.415. The molecular formula is C13H22N2O. The van der Waals surface area contributed by atoms with E-state index in [0.29, 0.717) is 5.92 Å². The van der Waals surface area contributed by atoms with Crippen LogP contribution in [-0.2, 0) is 0 Å². The molecular weight excluding hydrogens is 200 g/mol. The van der Waals surface area contributed by atoms with Crippen LogP contribution in [0.1, 0.15) is 13.3 Å². The van der Waals surface area contributed by atoms with Crippen molar-refractivity contribution in [1.82, 2.24) is 0 Å². The van der Waals surface area contributed by atoms with Gasteiger partial charge in [-0.25, -0.2) is 0 Å². The Balaban J connectivity index is 2.55. The zero-order valence-corrected chi connectivity index (χ0v) is 10.4. The fraction of sp³-hybridized carbons (Fsp3) is 0.538. The highest BCUT2D eigenvalue weighted by Crippen LogP contribution is 2.19. The predicted molar refractivity (Wildman–Crippen MR) is 69.1 cm³/mol. The molecule has 0 saturated heterocycles. The first-order chi connectivity index (χ1) is 7.67. The largest absolute Gasteiger partial charge is 0.497 e. The standard InChI is InChI=1S/C13H22N2O/c1-11(8-9-14)10-15(2)12-4-6-13(16-3)7-5-12/h4-7,11H,8-10,14H2,1-3H3. The van der Waals surface area contributed by atoms with Crippen molar-refractivity contribution < 1.29 is 4.74 Å². The first-order valence-corrected chi connectivity index (χ1v) is 5.72. The van der Waals surface area contributed by atoms with Crippen molar-refractivity contribution in [2.45, 2.75) is 13.3 Å². The minimum absolute atomic E-state index is 0.622.